The summed E-state index contributed by atoms with van der Waals surface area (Å²) in [4.78, 5) is 37.6. The first-order chi connectivity index (χ1) is 25.4. The lowest BCUT2D eigenvalue weighted by molar-refractivity contribution is -0.167. The summed E-state index contributed by atoms with van der Waals surface area (Å²) in [5.41, 5.74) is 0. The van der Waals surface area contributed by atoms with Gasteiger partial charge in [-0.25, -0.2) is 0 Å². The Morgan fingerprint density at radius 3 is 0.942 bits per heavy atom. The molecule has 0 aliphatic heterocycles. The van der Waals surface area contributed by atoms with E-state index in [-0.39, 0.29) is 31.1 Å². The van der Waals surface area contributed by atoms with E-state index in [9.17, 15) is 14.4 Å². The molecule has 0 radical (unpaired) electrons. The van der Waals surface area contributed by atoms with Gasteiger partial charge in [-0.1, -0.05) is 214 Å². The third kappa shape index (κ3) is 39.6. The second-order valence-corrected chi connectivity index (χ2v) is 16.2. The molecule has 0 fully saturated rings. The van der Waals surface area contributed by atoms with E-state index in [1.54, 1.807) is 0 Å². The first-order valence-corrected chi connectivity index (χ1v) is 22.9. The Morgan fingerprint density at radius 2 is 0.635 bits per heavy atom. The van der Waals surface area contributed by atoms with Crippen LogP contribution >= 0.6 is 0 Å². The molecule has 0 bridgehead atoms. The minimum atomic E-state index is -0.759. The molecule has 0 aliphatic rings. The molecule has 52 heavy (non-hydrogen) atoms. The first kappa shape index (κ1) is 50.4. The topological polar surface area (TPSA) is 78.9 Å². The zero-order valence-electron chi connectivity index (χ0n) is 35.3. The molecule has 0 saturated heterocycles. The van der Waals surface area contributed by atoms with E-state index in [1.807, 2.05) is 0 Å². The Morgan fingerprint density at radius 1 is 0.365 bits per heavy atom. The Balaban J connectivity index is 4.27. The number of hydrogen-bond acceptors (Lipinski definition) is 6. The Bertz CT molecular complexity index is 781. The van der Waals surface area contributed by atoms with Crippen molar-refractivity contribution < 1.29 is 28.6 Å². The average Bonchev–Trinajstić information content (AvgIpc) is 3.12. The molecule has 6 heteroatoms. The van der Waals surface area contributed by atoms with E-state index in [0.717, 1.165) is 63.7 Å². The summed E-state index contributed by atoms with van der Waals surface area (Å²) >= 11 is 0. The maximum Gasteiger partial charge on any atom is 0.306 e. The number of rotatable bonds is 41. The van der Waals surface area contributed by atoms with Crippen LogP contribution in [0.3, 0.4) is 0 Å². The number of ether oxygens (including phenoxy) is 3. The SMILES string of the molecule is CCCCCCCCCCCCCCCCCC(=O)OC[C@H](COC(=O)CCCCCCCCCCC)OC(=O)CCCCCCCCCC(C)C. The number of hydrogen-bond donors (Lipinski definition) is 0. The van der Waals surface area contributed by atoms with E-state index in [1.165, 1.54) is 148 Å². The standard InChI is InChI=1S/C46H88O6/c1-5-7-9-11-13-15-16-17-18-19-20-22-26-30-34-38-45(48)51-41-43(40-50-44(47)37-33-29-25-21-14-12-10-8-6-2)52-46(49)39-35-31-27-23-24-28-32-36-42(3)4/h42-43H,5-41H2,1-4H3/t43-/m0/s1. The van der Waals surface area contributed by atoms with Crippen molar-refractivity contribution in [3.63, 3.8) is 0 Å². The van der Waals surface area contributed by atoms with Crippen molar-refractivity contribution in [3.8, 4) is 0 Å². The Kier molecular flexibility index (Phi) is 39.4. The Labute approximate surface area is 323 Å². The predicted octanol–water partition coefficient (Wildman–Crippen LogP) is 14.3. The fourth-order valence-corrected chi connectivity index (χ4v) is 6.80. The van der Waals surface area contributed by atoms with Gasteiger partial charge in [-0.2, -0.15) is 0 Å². The van der Waals surface area contributed by atoms with E-state index in [0.29, 0.717) is 19.3 Å². The molecule has 1 atom stereocenters. The summed E-state index contributed by atoms with van der Waals surface area (Å²) in [6.07, 6.45) is 39.5. The molecule has 0 rings (SSSR count). The summed E-state index contributed by atoms with van der Waals surface area (Å²) < 4.78 is 16.7. The van der Waals surface area contributed by atoms with Crippen LogP contribution < -0.4 is 0 Å². The summed E-state index contributed by atoms with van der Waals surface area (Å²) in [7, 11) is 0. The lowest BCUT2D eigenvalue weighted by Gasteiger charge is -2.18. The van der Waals surface area contributed by atoms with Gasteiger partial charge in [0.15, 0.2) is 6.10 Å². The van der Waals surface area contributed by atoms with Gasteiger partial charge in [0.05, 0.1) is 0 Å². The van der Waals surface area contributed by atoms with Crippen molar-refractivity contribution >= 4 is 17.9 Å². The lowest BCUT2D eigenvalue weighted by Crippen LogP contribution is -2.30. The van der Waals surface area contributed by atoms with E-state index in [2.05, 4.69) is 27.7 Å². The van der Waals surface area contributed by atoms with Crippen molar-refractivity contribution in [3.05, 3.63) is 0 Å². The highest BCUT2D eigenvalue weighted by Crippen LogP contribution is 2.16. The molecule has 308 valence electrons. The fourth-order valence-electron chi connectivity index (χ4n) is 6.80. The molecule has 0 amide bonds. The lowest BCUT2D eigenvalue weighted by atomic mass is 10.0. The van der Waals surface area contributed by atoms with Gasteiger partial charge in [0.25, 0.3) is 0 Å². The zero-order valence-corrected chi connectivity index (χ0v) is 35.3. The van der Waals surface area contributed by atoms with Crippen molar-refractivity contribution in [1.82, 2.24) is 0 Å². The largest absolute Gasteiger partial charge is 0.462 e. The number of esters is 3. The highest BCUT2D eigenvalue weighted by atomic mass is 16.6. The van der Waals surface area contributed by atoms with Crippen molar-refractivity contribution in [1.29, 1.82) is 0 Å². The molecule has 0 spiro atoms. The average molecular weight is 737 g/mol. The predicted molar refractivity (Wildman–Crippen MR) is 220 cm³/mol. The molecule has 0 unspecified atom stereocenters. The first-order valence-electron chi connectivity index (χ1n) is 22.9. The fraction of sp³-hybridized carbons (Fsp3) is 0.935. The molecule has 0 aromatic carbocycles. The molecule has 0 heterocycles. The molecule has 6 nitrogen and oxygen atoms in total. The van der Waals surface area contributed by atoms with Crippen LogP contribution in [0.4, 0.5) is 0 Å². The van der Waals surface area contributed by atoms with Crippen molar-refractivity contribution in [2.45, 2.75) is 259 Å². The van der Waals surface area contributed by atoms with Gasteiger partial charge in [-0.05, 0) is 25.2 Å². The van der Waals surface area contributed by atoms with Crippen LogP contribution in [0.2, 0.25) is 0 Å². The van der Waals surface area contributed by atoms with Gasteiger partial charge in [0.2, 0.25) is 0 Å². The summed E-state index contributed by atoms with van der Waals surface area (Å²) in [6, 6.07) is 0. The third-order valence-electron chi connectivity index (χ3n) is 10.3. The van der Waals surface area contributed by atoms with Gasteiger partial charge in [0, 0.05) is 19.3 Å². The van der Waals surface area contributed by atoms with Crippen LogP contribution in [0.15, 0.2) is 0 Å². The van der Waals surface area contributed by atoms with E-state index in [4.69, 9.17) is 14.2 Å². The van der Waals surface area contributed by atoms with Crippen LogP contribution in [0.1, 0.15) is 252 Å². The highest BCUT2D eigenvalue weighted by Gasteiger charge is 2.19. The third-order valence-corrected chi connectivity index (χ3v) is 10.3. The molecular weight excluding hydrogens is 648 g/mol. The van der Waals surface area contributed by atoms with Crippen molar-refractivity contribution in [2.24, 2.45) is 5.92 Å². The number of unbranched alkanes of at least 4 members (excludes halogenated alkanes) is 28. The molecule has 0 N–H and O–H groups in total. The van der Waals surface area contributed by atoms with Gasteiger partial charge in [-0.15, -0.1) is 0 Å². The van der Waals surface area contributed by atoms with Gasteiger partial charge in [-0.3, -0.25) is 14.4 Å². The zero-order chi connectivity index (χ0) is 38.2. The Hall–Kier alpha value is -1.59. The van der Waals surface area contributed by atoms with Crippen LogP contribution in [0.5, 0.6) is 0 Å². The summed E-state index contributed by atoms with van der Waals surface area (Å²) in [5, 5.41) is 0. The number of carbonyl (C=O) groups excluding carboxylic acids is 3. The highest BCUT2D eigenvalue weighted by molar-refractivity contribution is 5.71. The normalized spacial score (nSPS) is 11.9. The van der Waals surface area contributed by atoms with Gasteiger partial charge in [0.1, 0.15) is 13.2 Å². The molecule has 0 aromatic heterocycles. The van der Waals surface area contributed by atoms with Crippen LogP contribution in [0.25, 0.3) is 0 Å². The van der Waals surface area contributed by atoms with Crippen LogP contribution in [-0.4, -0.2) is 37.2 Å². The monoisotopic (exact) mass is 737 g/mol. The van der Waals surface area contributed by atoms with Crippen LogP contribution in [-0.2, 0) is 28.6 Å². The van der Waals surface area contributed by atoms with Crippen LogP contribution in [0, 0.1) is 5.92 Å². The molecule has 0 saturated carbocycles. The maximum atomic E-state index is 12.7. The van der Waals surface area contributed by atoms with Gasteiger partial charge < -0.3 is 14.2 Å². The second kappa shape index (κ2) is 40.6. The summed E-state index contributed by atoms with van der Waals surface area (Å²) in [6.45, 7) is 8.93. The quantitative estimate of drug-likeness (QED) is 0.0353. The minimum Gasteiger partial charge on any atom is -0.462 e. The van der Waals surface area contributed by atoms with E-state index < -0.39 is 6.10 Å². The molecular formula is C46H88O6. The molecule has 0 aliphatic carbocycles. The second-order valence-electron chi connectivity index (χ2n) is 16.2. The molecule has 0 aromatic rings. The maximum absolute atomic E-state index is 12.7. The minimum absolute atomic E-state index is 0.0645. The smallest absolute Gasteiger partial charge is 0.306 e. The van der Waals surface area contributed by atoms with Crippen molar-refractivity contribution in [2.75, 3.05) is 13.2 Å². The summed E-state index contributed by atoms with van der Waals surface area (Å²) in [5.74, 6) is -0.0811. The van der Waals surface area contributed by atoms with E-state index >= 15 is 0 Å². The van der Waals surface area contributed by atoms with Gasteiger partial charge >= 0.3 is 17.9 Å². The number of carbonyl (C=O) groups is 3.